The number of ether oxygens (including phenoxy) is 1. The Morgan fingerprint density at radius 3 is 2.52 bits per heavy atom. The maximum Gasteiger partial charge on any atom is 0.279 e. The minimum atomic E-state index is -0.147. The molecule has 1 atom stereocenters. The Hall–Kier alpha value is -2.08. The number of para-hydroxylation sites is 2. The van der Waals surface area contributed by atoms with Gasteiger partial charge in [-0.15, -0.1) is 0 Å². The first-order valence-corrected chi connectivity index (χ1v) is 6.97. The van der Waals surface area contributed by atoms with E-state index in [4.69, 9.17) is 4.74 Å². The Balaban J connectivity index is 2.56. The van der Waals surface area contributed by atoms with Crippen LogP contribution in [-0.2, 0) is 9.59 Å². The van der Waals surface area contributed by atoms with Gasteiger partial charge < -0.3 is 19.9 Å². The molecule has 0 aliphatic carbocycles. The molecule has 2 amide bonds. The molecule has 0 aliphatic rings. The van der Waals surface area contributed by atoms with Gasteiger partial charge in [0.05, 0.1) is 19.3 Å². The average molecular weight is 294 g/mol. The van der Waals surface area contributed by atoms with E-state index < -0.39 is 0 Å². The molecule has 1 unspecified atom stereocenters. The highest BCUT2D eigenvalue weighted by molar-refractivity contribution is 5.93. The first-order valence-electron chi connectivity index (χ1n) is 6.97. The number of anilines is 1. The van der Waals surface area contributed by atoms with Crippen LogP contribution in [-0.4, -0.2) is 57.6 Å². The van der Waals surface area contributed by atoms with Crippen LogP contribution in [0, 0.1) is 0 Å². The van der Waals surface area contributed by atoms with Crippen molar-refractivity contribution in [3.63, 3.8) is 0 Å². The molecule has 0 radical (unpaired) electrons. The lowest BCUT2D eigenvalue weighted by molar-refractivity contribution is -0.862. The number of amides is 2. The standard InChI is InChI=1S/C15H23N3O3/c1-5-21-13-9-7-6-8-12(13)16-14(19)10-18(4)11-15(20)17(2)3/h6-9H,5,10-11H2,1-4H3,(H,16,19)/p+1. The van der Waals surface area contributed by atoms with E-state index >= 15 is 0 Å². The van der Waals surface area contributed by atoms with Gasteiger partial charge in [0.2, 0.25) is 0 Å². The van der Waals surface area contributed by atoms with Crippen LogP contribution in [0.3, 0.4) is 0 Å². The van der Waals surface area contributed by atoms with Crippen molar-refractivity contribution in [1.82, 2.24) is 4.90 Å². The predicted octanol–water partition coefficient (Wildman–Crippen LogP) is -0.373. The van der Waals surface area contributed by atoms with Gasteiger partial charge in [-0.25, -0.2) is 0 Å². The van der Waals surface area contributed by atoms with Crippen molar-refractivity contribution in [2.75, 3.05) is 46.2 Å². The number of hydrogen-bond acceptors (Lipinski definition) is 3. The number of benzene rings is 1. The molecule has 21 heavy (non-hydrogen) atoms. The number of hydrogen-bond donors (Lipinski definition) is 2. The molecule has 1 rings (SSSR count). The largest absolute Gasteiger partial charge is 0.492 e. The molecule has 6 nitrogen and oxygen atoms in total. The molecule has 0 saturated carbocycles. The zero-order valence-corrected chi connectivity index (χ0v) is 13.1. The van der Waals surface area contributed by atoms with E-state index in [1.54, 1.807) is 20.2 Å². The number of nitrogens with zero attached hydrogens (tertiary/aromatic N) is 1. The van der Waals surface area contributed by atoms with E-state index in [1.165, 1.54) is 4.90 Å². The molecule has 0 aliphatic heterocycles. The highest BCUT2D eigenvalue weighted by Gasteiger charge is 2.16. The lowest BCUT2D eigenvalue weighted by atomic mass is 10.3. The first kappa shape index (κ1) is 17.0. The number of carbonyl (C=O) groups excluding carboxylic acids is 2. The van der Waals surface area contributed by atoms with Crippen molar-refractivity contribution in [3.05, 3.63) is 24.3 Å². The monoisotopic (exact) mass is 294 g/mol. The molecule has 0 saturated heterocycles. The van der Waals surface area contributed by atoms with Gasteiger partial charge in [0.25, 0.3) is 11.8 Å². The summed E-state index contributed by atoms with van der Waals surface area (Å²) in [6, 6.07) is 7.30. The topological polar surface area (TPSA) is 63.1 Å². The summed E-state index contributed by atoms with van der Waals surface area (Å²) in [4.78, 5) is 26.0. The maximum absolute atomic E-state index is 12.0. The average Bonchev–Trinajstić information content (AvgIpc) is 2.40. The molecule has 116 valence electrons. The van der Waals surface area contributed by atoms with Crippen LogP contribution in [0.2, 0.25) is 0 Å². The van der Waals surface area contributed by atoms with Crippen LogP contribution in [0.15, 0.2) is 24.3 Å². The molecule has 2 N–H and O–H groups in total. The van der Waals surface area contributed by atoms with Crippen molar-refractivity contribution in [3.8, 4) is 5.75 Å². The smallest absolute Gasteiger partial charge is 0.279 e. The maximum atomic E-state index is 12.0. The number of rotatable bonds is 7. The molecule has 0 bridgehead atoms. The van der Waals surface area contributed by atoms with Crippen molar-refractivity contribution in [2.45, 2.75) is 6.92 Å². The summed E-state index contributed by atoms with van der Waals surface area (Å²) >= 11 is 0. The van der Waals surface area contributed by atoms with Gasteiger partial charge >= 0.3 is 0 Å². The Morgan fingerprint density at radius 1 is 1.24 bits per heavy atom. The number of nitrogens with one attached hydrogen (secondary N) is 2. The summed E-state index contributed by atoms with van der Waals surface area (Å²) in [6.07, 6.45) is 0. The highest BCUT2D eigenvalue weighted by Crippen LogP contribution is 2.23. The van der Waals surface area contributed by atoms with Crippen molar-refractivity contribution >= 4 is 17.5 Å². The molecule has 1 aromatic rings. The zero-order chi connectivity index (χ0) is 15.8. The van der Waals surface area contributed by atoms with Gasteiger partial charge in [0, 0.05) is 14.1 Å². The van der Waals surface area contributed by atoms with E-state index in [0.717, 1.165) is 4.90 Å². The molecule has 0 aromatic heterocycles. The van der Waals surface area contributed by atoms with E-state index in [0.29, 0.717) is 18.0 Å². The summed E-state index contributed by atoms with van der Waals surface area (Å²) in [6.45, 7) is 2.94. The first-order chi connectivity index (χ1) is 9.93. The van der Waals surface area contributed by atoms with Gasteiger partial charge in [-0.05, 0) is 19.1 Å². The van der Waals surface area contributed by atoms with Crippen LogP contribution in [0.1, 0.15) is 6.92 Å². The van der Waals surface area contributed by atoms with Gasteiger partial charge in [-0.1, -0.05) is 12.1 Å². The molecular weight excluding hydrogens is 270 g/mol. The van der Waals surface area contributed by atoms with Crippen LogP contribution in [0.5, 0.6) is 5.75 Å². The Morgan fingerprint density at radius 2 is 1.90 bits per heavy atom. The summed E-state index contributed by atoms with van der Waals surface area (Å²) in [7, 11) is 5.22. The van der Waals surface area contributed by atoms with Gasteiger partial charge in [-0.2, -0.15) is 0 Å². The fraction of sp³-hybridized carbons (Fsp3) is 0.467. The molecule has 0 spiro atoms. The molecule has 6 heteroatoms. The van der Waals surface area contributed by atoms with Gasteiger partial charge in [0.1, 0.15) is 5.75 Å². The van der Waals surface area contributed by atoms with Crippen LogP contribution in [0.25, 0.3) is 0 Å². The highest BCUT2D eigenvalue weighted by atomic mass is 16.5. The fourth-order valence-corrected chi connectivity index (χ4v) is 1.80. The molecule has 0 heterocycles. The van der Waals surface area contributed by atoms with Crippen molar-refractivity contribution in [2.24, 2.45) is 0 Å². The summed E-state index contributed by atoms with van der Waals surface area (Å²) in [5.41, 5.74) is 0.649. The zero-order valence-electron chi connectivity index (χ0n) is 13.1. The summed E-state index contributed by atoms with van der Waals surface area (Å²) < 4.78 is 5.46. The van der Waals surface area contributed by atoms with Gasteiger partial charge in [0.15, 0.2) is 13.1 Å². The quantitative estimate of drug-likeness (QED) is 0.721. The number of carbonyl (C=O) groups is 2. The van der Waals surface area contributed by atoms with Crippen LogP contribution in [0.4, 0.5) is 5.69 Å². The van der Waals surface area contributed by atoms with E-state index in [9.17, 15) is 9.59 Å². The third kappa shape index (κ3) is 5.83. The second kappa shape index (κ2) is 8.26. The second-order valence-corrected chi connectivity index (χ2v) is 5.08. The summed E-state index contributed by atoms with van der Waals surface area (Å²) in [5, 5.41) is 2.82. The predicted molar refractivity (Wildman–Crippen MR) is 81.6 cm³/mol. The normalized spacial score (nSPS) is 11.6. The third-order valence-electron chi connectivity index (χ3n) is 2.88. The van der Waals surface area contributed by atoms with E-state index in [-0.39, 0.29) is 24.9 Å². The Bertz CT molecular complexity index is 489. The van der Waals surface area contributed by atoms with Crippen LogP contribution < -0.4 is 15.0 Å². The molecule has 0 fully saturated rings. The Kier molecular flexibility index (Phi) is 6.68. The minimum absolute atomic E-state index is 0.00461. The summed E-state index contributed by atoms with van der Waals surface area (Å²) in [5.74, 6) is 0.497. The van der Waals surface area contributed by atoms with Crippen LogP contribution >= 0.6 is 0 Å². The van der Waals surface area contributed by atoms with E-state index in [1.807, 2.05) is 32.2 Å². The van der Waals surface area contributed by atoms with Crippen molar-refractivity contribution < 1.29 is 19.2 Å². The van der Waals surface area contributed by atoms with E-state index in [2.05, 4.69) is 5.32 Å². The number of likely N-dealkylation sites (N-methyl/N-ethyl adjacent to an activating group) is 2. The SMILES string of the molecule is CCOc1ccccc1NC(=O)C[NH+](C)CC(=O)N(C)C. The Labute approximate surface area is 125 Å². The molecule has 1 aromatic carbocycles. The number of quaternary nitrogens is 1. The second-order valence-electron chi connectivity index (χ2n) is 5.08. The minimum Gasteiger partial charge on any atom is -0.492 e. The van der Waals surface area contributed by atoms with Gasteiger partial charge in [-0.3, -0.25) is 9.59 Å². The van der Waals surface area contributed by atoms with Crippen molar-refractivity contribution in [1.29, 1.82) is 0 Å². The fourth-order valence-electron chi connectivity index (χ4n) is 1.80. The lowest BCUT2D eigenvalue weighted by Gasteiger charge is -2.17. The third-order valence-corrected chi connectivity index (χ3v) is 2.88. The molecular formula is C15H24N3O3+. The lowest BCUT2D eigenvalue weighted by Crippen LogP contribution is -3.11.